The van der Waals surface area contributed by atoms with Gasteiger partial charge in [0.2, 0.25) is 0 Å². The van der Waals surface area contributed by atoms with E-state index >= 15 is 0 Å². The van der Waals surface area contributed by atoms with Crippen LogP contribution < -0.4 is 5.73 Å². The van der Waals surface area contributed by atoms with E-state index in [-0.39, 0.29) is 24.8 Å². The van der Waals surface area contributed by atoms with Gasteiger partial charge in [-0.25, -0.2) is 4.98 Å². The van der Waals surface area contributed by atoms with Gasteiger partial charge in [-0.2, -0.15) is 0 Å². The maximum Gasteiger partial charge on any atom is 0.106 e. The molecule has 1 saturated carbocycles. The van der Waals surface area contributed by atoms with Crippen LogP contribution in [0.4, 0.5) is 0 Å². The van der Waals surface area contributed by atoms with Crippen LogP contribution in [0.25, 0.3) is 0 Å². The van der Waals surface area contributed by atoms with Gasteiger partial charge in [0, 0.05) is 18.2 Å². The fourth-order valence-corrected chi connectivity index (χ4v) is 1.44. The van der Waals surface area contributed by atoms with Gasteiger partial charge >= 0.3 is 0 Å². The van der Waals surface area contributed by atoms with E-state index in [0.29, 0.717) is 12.0 Å². The Balaban J connectivity index is 0.000000720. The largest absolute Gasteiger partial charge is 0.327 e. The van der Waals surface area contributed by atoms with E-state index in [2.05, 4.69) is 27.0 Å². The van der Waals surface area contributed by atoms with Crippen LogP contribution in [0, 0.1) is 0 Å². The van der Waals surface area contributed by atoms with Crippen LogP contribution in [-0.4, -0.2) is 11.0 Å². The molecule has 5 heteroatoms. The highest BCUT2D eigenvalue weighted by Gasteiger charge is 2.34. The van der Waals surface area contributed by atoms with Crippen LogP contribution in [0.15, 0.2) is 22.9 Å². The highest BCUT2D eigenvalue weighted by atomic mass is 79.9. The smallest absolute Gasteiger partial charge is 0.106 e. The molecule has 0 aromatic carbocycles. The molecular formula is C8H11BrCl2N2. The average Bonchev–Trinajstić information content (AvgIpc) is 2.69. The Morgan fingerprint density at radius 3 is 2.38 bits per heavy atom. The van der Waals surface area contributed by atoms with Gasteiger partial charge < -0.3 is 5.73 Å². The summed E-state index contributed by atoms with van der Waals surface area (Å²) < 4.78 is 0.885. The molecule has 1 fully saturated rings. The molecule has 0 aliphatic heterocycles. The molecule has 0 spiro atoms. The third-order valence-electron chi connectivity index (χ3n) is 2.02. The minimum absolute atomic E-state index is 0. The molecule has 1 aromatic heterocycles. The molecule has 2 rings (SSSR count). The number of nitrogens with two attached hydrogens (primary N) is 1. The van der Waals surface area contributed by atoms with Crippen molar-refractivity contribution in [2.45, 2.75) is 18.4 Å². The zero-order chi connectivity index (χ0) is 7.84. The van der Waals surface area contributed by atoms with Gasteiger partial charge in [-0.3, -0.25) is 0 Å². The first-order valence-electron chi connectivity index (χ1n) is 3.64. The summed E-state index contributed by atoms with van der Waals surface area (Å²) in [5, 5.41) is 0. The van der Waals surface area contributed by atoms with Crippen LogP contribution in [0.5, 0.6) is 0 Å². The lowest BCUT2D eigenvalue weighted by atomic mass is 10.2. The first-order chi connectivity index (χ1) is 5.27. The van der Waals surface area contributed by atoms with E-state index in [1.807, 2.05) is 12.3 Å². The van der Waals surface area contributed by atoms with Crippen molar-refractivity contribution in [1.29, 1.82) is 0 Å². The average molecular weight is 286 g/mol. The summed E-state index contributed by atoms with van der Waals surface area (Å²) in [6.45, 7) is 0. The molecule has 0 radical (unpaired) electrons. The summed E-state index contributed by atoms with van der Waals surface area (Å²) in [7, 11) is 0. The normalized spacial score (nSPS) is 24.2. The van der Waals surface area contributed by atoms with E-state index in [1.54, 1.807) is 0 Å². The summed E-state index contributed by atoms with van der Waals surface area (Å²) in [5.41, 5.74) is 6.96. The lowest BCUT2D eigenvalue weighted by Crippen LogP contribution is -2.00. The van der Waals surface area contributed by atoms with Gasteiger partial charge in [0.1, 0.15) is 4.60 Å². The molecule has 2 nitrogen and oxygen atoms in total. The lowest BCUT2D eigenvalue weighted by molar-refractivity contribution is 0.978. The standard InChI is InChI=1S/C8H9BrN2.2ClH/c9-8-2-1-5(4-11-8)6-3-7(6)10;;/h1-2,4,6-7H,3,10H2;2*1H/t6-,7+;;/m1../s1. The van der Waals surface area contributed by atoms with E-state index in [4.69, 9.17) is 5.73 Å². The van der Waals surface area contributed by atoms with Crippen LogP contribution in [-0.2, 0) is 0 Å². The lowest BCUT2D eigenvalue weighted by Gasteiger charge is -1.96. The van der Waals surface area contributed by atoms with Crippen molar-refractivity contribution in [2.24, 2.45) is 5.73 Å². The third-order valence-corrected chi connectivity index (χ3v) is 2.49. The molecule has 1 aliphatic rings. The highest BCUT2D eigenvalue weighted by Crippen LogP contribution is 2.38. The predicted molar refractivity (Wildman–Crippen MR) is 61.8 cm³/mol. The van der Waals surface area contributed by atoms with Crippen LogP contribution >= 0.6 is 40.7 Å². The summed E-state index contributed by atoms with van der Waals surface area (Å²) in [5.74, 6) is 0.565. The molecule has 74 valence electrons. The number of nitrogens with zero attached hydrogens (tertiary/aromatic N) is 1. The monoisotopic (exact) mass is 284 g/mol. The van der Waals surface area contributed by atoms with E-state index in [9.17, 15) is 0 Å². The van der Waals surface area contributed by atoms with E-state index in [0.717, 1.165) is 11.0 Å². The molecular weight excluding hydrogens is 275 g/mol. The number of rotatable bonds is 1. The second-order valence-corrected chi connectivity index (χ2v) is 3.73. The second kappa shape index (κ2) is 5.15. The molecule has 1 aromatic rings. The quantitative estimate of drug-likeness (QED) is 0.806. The summed E-state index contributed by atoms with van der Waals surface area (Å²) >= 11 is 3.29. The van der Waals surface area contributed by atoms with Crippen molar-refractivity contribution in [3.8, 4) is 0 Å². The van der Waals surface area contributed by atoms with Crippen molar-refractivity contribution in [3.05, 3.63) is 28.5 Å². The SMILES string of the molecule is Cl.Cl.N[C@H]1C[C@@H]1c1ccc(Br)nc1. The fourth-order valence-electron chi connectivity index (χ4n) is 1.20. The molecule has 2 N–H and O–H groups in total. The Bertz CT molecular complexity index is 265. The molecule has 1 aliphatic carbocycles. The first kappa shape index (κ1) is 13.2. The van der Waals surface area contributed by atoms with Crippen molar-refractivity contribution < 1.29 is 0 Å². The minimum atomic E-state index is 0. The van der Waals surface area contributed by atoms with Crippen molar-refractivity contribution in [1.82, 2.24) is 4.98 Å². The van der Waals surface area contributed by atoms with Crippen molar-refractivity contribution in [3.63, 3.8) is 0 Å². The second-order valence-electron chi connectivity index (χ2n) is 2.92. The Morgan fingerprint density at radius 1 is 1.38 bits per heavy atom. The van der Waals surface area contributed by atoms with Crippen LogP contribution in [0.3, 0.4) is 0 Å². The number of aromatic nitrogens is 1. The molecule has 1 heterocycles. The zero-order valence-corrected chi connectivity index (χ0v) is 10.0. The minimum Gasteiger partial charge on any atom is -0.327 e. The number of halogens is 3. The number of pyridine rings is 1. The summed E-state index contributed by atoms with van der Waals surface area (Å²) in [6.07, 6.45) is 3.00. The fraction of sp³-hybridized carbons (Fsp3) is 0.375. The van der Waals surface area contributed by atoms with Gasteiger partial charge in [-0.05, 0) is 34.0 Å². The van der Waals surface area contributed by atoms with Crippen molar-refractivity contribution in [2.75, 3.05) is 0 Å². The Morgan fingerprint density at radius 2 is 2.00 bits per heavy atom. The summed E-state index contributed by atoms with van der Waals surface area (Å²) in [6, 6.07) is 4.41. The molecule has 2 atom stereocenters. The van der Waals surface area contributed by atoms with E-state index < -0.39 is 0 Å². The van der Waals surface area contributed by atoms with Crippen LogP contribution in [0.2, 0.25) is 0 Å². The van der Waals surface area contributed by atoms with Gasteiger partial charge in [-0.15, -0.1) is 24.8 Å². The Kier molecular flexibility index (Phi) is 5.22. The number of hydrogen-bond acceptors (Lipinski definition) is 2. The summed E-state index contributed by atoms with van der Waals surface area (Å²) in [4.78, 5) is 4.14. The van der Waals surface area contributed by atoms with Crippen LogP contribution in [0.1, 0.15) is 17.9 Å². The number of hydrogen-bond donors (Lipinski definition) is 1. The van der Waals surface area contributed by atoms with Gasteiger partial charge in [0.05, 0.1) is 0 Å². The zero-order valence-electron chi connectivity index (χ0n) is 6.81. The maximum absolute atomic E-state index is 5.70. The highest BCUT2D eigenvalue weighted by molar-refractivity contribution is 9.10. The van der Waals surface area contributed by atoms with Gasteiger partial charge in [0.15, 0.2) is 0 Å². The Labute approximate surface area is 98.3 Å². The molecule has 0 amide bonds. The predicted octanol–water partition coefficient (Wildman–Crippen LogP) is 2.50. The van der Waals surface area contributed by atoms with Gasteiger partial charge in [-0.1, -0.05) is 6.07 Å². The molecule has 0 bridgehead atoms. The topological polar surface area (TPSA) is 38.9 Å². The third kappa shape index (κ3) is 3.09. The Hall–Kier alpha value is 0.170. The van der Waals surface area contributed by atoms with Gasteiger partial charge in [0.25, 0.3) is 0 Å². The molecule has 0 saturated heterocycles. The molecule has 0 unspecified atom stereocenters. The van der Waals surface area contributed by atoms with E-state index in [1.165, 1.54) is 5.56 Å². The van der Waals surface area contributed by atoms with Crippen molar-refractivity contribution >= 4 is 40.7 Å². The first-order valence-corrected chi connectivity index (χ1v) is 4.43. The molecule has 13 heavy (non-hydrogen) atoms. The maximum atomic E-state index is 5.70.